The first-order valence-electron chi connectivity index (χ1n) is 10.5. The summed E-state index contributed by atoms with van der Waals surface area (Å²) in [6, 6.07) is 6.05. The Morgan fingerprint density at radius 2 is 1.74 bits per heavy atom. The molecule has 31 heavy (non-hydrogen) atoms. The van der Waals surface area contributed by atoms with Gasteiger partial charge in [0.1, 0.15) is 0 Å². The van der Waals surface area contributed by atoms with Gasteiger partial charge in [-0.2, -0.15) is 4.72 Å². The van der Waals surface area contributed by atoms with Crippen LogP contribution in [-0.4, -0.2) is 39.3 Å². The van der Waals surface area contributed by atoms with E-state index in [1.165, 1.54) is 29.7 Å². The molecule has 0 saturated heterocycles. The maximum atomic E-state index is 12.6. The second-order valence-electron chi connectivity index (χ2n) is 7.52. The third-order valence-electron chi connectivity index (χ3n) is 5.61. The number of carbonyl (C=O) groups excluding carboxylic acids is 2. The van der Waals surface area contributed by atoms with Crippen molar-refractivity contribution in [2.75, 3.05) is 23.1 Å². The molecule has 1 heterocycles. The second kappa shape index (κ2) is 10.3. The largest absolute Gasteiger partial charge is 0.588 e. The van der Waals surface area contributed by atoms with Gasteiger partial charge in [-0.15, -0.1) is 11.3 Å². The Bertz CT molecular complexity index is 921. The Balaban J connectivity index is 1.53. The van der Waals surface area contributed by atoms with Crippen LogP contribution in [0.15, 0.2) is 40.7 Å². The normalized spacial score (nSPS) is 20.5. The number of thiazole rings is 1. The molecule has 1 aromatic carbocycles. The van der Waals surface area contributed by atoms with Crippen molar-refractivity contribution in [1.82, 2.24) is 9.88 Å². The fourth-order valence-corrected chi connectivity index (χ4v) is 5.59. The minimum Gasteiger partial charge on any atom is -0.588 e. The SMILES string of the molecule is CCN(CC)C(=O)C1CCC(C(=O)Nc2ccc([S+](=O)([O-])Nc3nccs3)cc2)CC1. The molecule has 1 unspecified atom stereocenters. The van der Waals surface area contributed by atoms with Crippen LogP contribution in [0, 0.1) is 11.8 Å². The molecule has 1 aliphatic carbocycles. The zero-order chi connectivity index (χ0) is 22.4. The van der Waals surface area contributed by atoms with E-state index >= 15 is 0 Å². The Morgan fingerprint density at radius 1 is 1.13 bits per heavy atom. The zero-order valence-electron chi connectivity index (χ0n) is 17.7. The first-order valence-corrected chi connectivity index (χ1v) is 12.8. The minimum atomic E-state index is -3.73. The first-order chi connectivity index (χ1) is 14.8. The lowest BCUT2D eigenvalue weighted by atomic mass is 9.81. The van der Waals surface area contributed by atoms with Gasteiger partial charge in [-0.3, -0.25) is 9.59 Å². The van der Waals surface area contributed by atoms with E-state index in [0.717, 1.165) is 0 Å². The molecule has 2 aromatic rings. The van der Waals surface area contributed by atoms with Crippen molar-refractivity contribution in [2.45, 2.75) is 44.4 Å². The number of aromatic nitrogens is 1. The molecule has 8 nitrogen and oxygen atoms in total. The highest BCUT2D eigenvalue weighted by atomic mass is 32.3. The van der Waals surface area contributed by atoms with E-state index in [4.69, 9.17) is 0 Å². The summed E-state index contributed by atoms with van der Waals surface area (Å²) in [7, 11) is -3.73. The van der Waals surface area contributed by atoms with Gasteiger partial charge < -0.3 is 14.8 Å². The zero-order valence-corrected chi connectivity index (χ0v) is 19.3. The third-order valence-corrected chi connectivity index (χ3v) is 7.78. The summed E-state index contributed by atoms with van der Waals surface area (Å²) >= 11 is 1.20. The predicted molar refractivity (Wildman–Crippen MR) is 121 cm³/mol. The van der Waals surface area contributed by atoms with Crippen molar-refractivity contribution in [3.05, 3.63) is 35.8 Å². The molecule has 0 spiro atoms. The third kappa shape index (κ3) is 5.90. The summed E-state index contributed by atoms with van der Waals surface area (Å²) < 4.78 is 27.2. The monoisotopic (exact) mass is 464 g/mol. The Hall–Kier alpha value is -2.30. The van der Waals surface area contributed by atoms with Gasteiger partial charge in [0.05, 0.1) is 0 Å². The summed E-state index contributed by atoms with van der Waals surface area (Å²) in [5.41, 5.74) is 0.541. The van der Waals surface area contributed by atoms with Crippen LogP contribution in [0.1, 0.15) is 39.5 Å². The topological polar surface area (TPSA) is 114 Å². The number of amides is 2. The molecular formula is C21H28N4O4S2. The summed E-state index contributed by atoms with van der Waals surface area (Å²) in [5, 5.41) is 4.85. The van der Waals surface area contributed by atoms with E-state index in [2.05, 4.69) is 15.0 Å². The summed E-state index contributed by atoms with van der Waals surface area (Å²) in [5.74, 6) is -0.0493. The lowest BCUT2D eigenvalue weighted by Crippen LogP contribution is -2.38. The van der Waals surface area contributed by atoms with E-state index in [1.54, 1.807) is 17.5 Å². The van der Waals surface area contributed by atoms with E-state index in [9.17, 15) is 18.4 Å². The maximum Gasteiger partial charge on any atom is 0.227 e. The van der Waals surface area contributed by atoms with Gasteiger partial charge in [0.15, 0.2) is 15.3 Å². The molecule has 0 radical (unpaired) electrons. The highest BCUT2D eigenvalue weighted by Crippen LogP contribution is 2.31. The molecule has 0 bridgehead atoms. The Kier molecular flexibility index (Phi) is 7.79. The number of rotatable bonds is 8. The summed E-state index contributed by atoms with van der Waals surface area (Å²) in [6.07, 6.45) is 4.30. The fourth-order valence-electron chi connectivity index (χ4n) is 3.81. The van der Waals surface area contributed by atoms with Crippen LogP contribution in [-0.2, 0) is 24.2 Å². The number of carbonyl (C=O) groups is 2. The number of sulfonamides is 1. The number of hydrogen-bond acceptors (Lipinski definition) is 6. The van der Waals surface area contributed by atoms with Crippen LogP contribution in [0.5, 0.6) is 0 Å². The van der Waals surface area contributed by atoms with Crippen LogP contribution in [0.25, 0.3) is 0 Å². The van der Waals surface area contributed by atoms with E-state index in [-0.39, 0.29) is 28.5 Å². The van der Waals surface area contributed by atoms with Crippen molar-refractivity contribution in [2.24, 2.45) is 11.8 Å². The Labute approximate surface area is 187 Å². The fraction of sp³-hybridized carbons (Fsp3) is 0.476. The van der Waals surface area contributed by atoms with E-state index in [0.29, 0.717) is 49.6 Å². The van der Waals surface area contributed by atoms with Crippen molar-refractivity contribution in [3.8, 4) is 0 Å². The molecule has 168 valence electrons. The van der Waals surface area contributed by atoms with Gasteiger partial charge in [-0.05, 0) is 63.8 Å². The van der Waals surface area contributed by atoms with Crippen LogP contribution in [0.2, 0.25) is 0 Å². The molecule has 3 rings (SSSR count). The molecule has 2 N–H and O–H groups in total. The van der Waals surface area contributed by atoms with Crippen molar-refractivity contribution in [1.29, 1.82) is 0 Å². The number of nitrogens with one attached hydrogen (secondary N) is 2. The summed E-state index contributed by atoms with van der Waals surface area (Å²) in [6.45, 7) is 5.37. The van der Waals surface area contributed by atoms with Gasteiger partial charge in [-0.25, -0.2) is 4.98 Å². The lowest BCUT2D eigenvalue weighted by Gasteiger charge is -2.30. The average Bonchev–Trinajstić information content (AvgIpc) is 3.27. The minimum absolute atomic E-state index is 0.00113. The van der Waals surface area contributed by atoms with E-state index < -0.39 is 10.4 Å². The highest BCUT2D eigenvalue weighted by Gasteiger charge is 2.31. The van der Waals surface area contributed by atoms with E-state index in [1.807, 2.05) is 18.7 Å². The van der Waals surface area contributed by atoms with Gasteiger partial charge in [0.2, 0.25) is 16.9 Å². The van der Waals surface area contributed by atoms with Gasteiger partial charge in [0, 0.05) is 42.2 Å². The molecular weight excluding hydrogens is 436 g/mol. The predicted octanol–water partition coefficient (Wildman–Crippen LogP) is 3.77. The highest BCUT2D eigenvalue weighted by molar-refractivity contribution is 7.99. The van der Waals surface area contributed by atoms with Crippen LogP contribution < -0.4 is 10.0 Å². The smallest absolute Gasteiger partial charge is 0.227 e. The Morgan fingerprint density at radius 3 is 2.29 bits per heavy atom. The standard InChI is InChI=1S/C21H28N4O4S2/c1-3-25(4-2)20(27)16-7-5-15(6-8-16)19(26)23-17-9-11-18(12-10-17)31(28,29)24-21-22-13-14-30-21/h9-16H,3-8H2,1-2H3,(H2-,22,23,24,26,28,29). The summed E-state index contributed by atoms with van der Waals surface area (Å²) in [4.78, 5) is 31.0. The lowest BCUT2D eigenvalue weighted by molar-refractivity contribution is -0.137. The number of nitrogens with zero attached hydrogens (tertiary/aromatic N) is 2. The van der Waals surface area contributed by atoms with Crippen molar-refractivity contribution < 1.29 is 18.4 Å². The number of anilines is 2. The number of hydrogen-bond donors (Lipinski definition) is 2. The molecule has 1 aromatic heterocycles. The van der Waals surface area contributed by atoms with Crippen molar-refractivity contribution >= 4 is 44.4 Å². The molecule has 0 aliphatic heterocycles. The van der Waals surface area contributed by atoms with Crippen molar-refractivity contribution in [3.63, 3.8) is 0 Å². The molecule has 2 amide bonds. The van der Waals surface area contributed by atoms with Crippen LogP contribution in [0.3, 0.4) is 0 Å². The van der Waals surface area contributed by atoms with Gasteiger partial charge in [0.25, 0.3) is 0 Å². The molecule has 1 saturated carbocycles. The average molecular weight is 465 g/mol. The molecule has 1 fully saturated rings. The number of benzene rings is 1. The van der Waals surface area contributed by atoms with Gasteiger partial charge in [-0.1, -0.05) is 4.21 Å². The molecule has 1 aliphatic rings. The molecule has 10 heteroatoms. The first kappa shape index (κ1) is 23.4. The maximum absolute atomic E-state index is 12.6. The van der Waals surface area contributed by atoms with Gasteiger partial charge >= 0.3 is 0 Å². The van der Waals surface area contributed by atoms with Crippen LogP contribution >= 0.6 is 11.3 Å². The quantitative estimate of drug-likeness (QED) is 0.577. The van der Waals surface area contributed by atoms with Crippen LogP contribution in [0.4, 0.5) is 10.8 Å². The molecule has 1 atom stereocenters. The second-order valence-corrected chi connectivity index (χ2v) is 10.1.